The molecule has 0 fully saturated rings. The molecule has 0 aromatic carbocycles. The van der Waals surface area contributed by atoms with Gasteiger partial charge in [-0.25, -0.2) is 0 Å². The maximum absolute atomic E-state index is 9.24. The summed E-state index contributed by atoms with van der Waals surface area (Å²) in [5, 5.41) is 16.5. The summed E-state index contributed by atoms with van der Waals surface area (Å²) < 4.78 is 14.4. The predicted molar refractivity (Wildman–Crippen MR) is 37.6 cm³/mol. The van der Waals surface area contributed by atoms with Crippen LogP contribution in [0.5, 0.6) is 0 Å². The van der Waals surface area contributed by atoms with Crippen LogP contribution in [0.1, 0.15) is 6.92 Å². The molecule has 70 valence electrons. The number of carbonyl (C=O) groups excluding carboxylic acids is 1. The predicted octanol–water partition coefficient (Wildman–Crippen LogP) is -3.71. The quantitative estimate of drug-likeness (QED) is 0.315. The van der Waals surface area contributed by atoms with Gasteiger partial charge >= 0.3 is 30.2 Å². The number of carboxylic acid groups (broad SMARTS) is 2. The van der Waals surface area contributed by atoms with Crippen molar-refractivity contribution in [3.63, 3.8) is 0 Å². The Morgan fingerprint density at radius 3 is 1.58 bits per heavy atom. The van der Waals surface area contributed by atoms with Crippen LogP contribution in [0.15, 0.2) is 0 Å². The van der Waals surface area contributed by atoms with E-state index in [2.05, 4.69) is 5.73 Å². The fourth-order valence-corrected chi connectivity index (χ4v) is 0. The Bertz CT molecular complexity index is 114. The van der Waals surface area contributed by atoms with E-state index in [0.29, 0.717) is 0 Å². The zero-order valence-electron chi connectivity index (χ0n) is 6.43. The van der Waals surface area contributed by atoms with Crippen LogP contribution < -0.4 is 10.8 Å². The van der Waals surface area contributed by atoms with Crippen LogP contribution in [-0.4, -0.2) is 47.8 Å². The van der Waals surface area contributed by atoms with Crippen LogP contribution >= 0.6 is 0 Å². The summed E-state index contributed by atoms with van der Waals surface area (Å²) in [7, 11) is 0. The Kier molecular flexibility index (Phi) is 24.3. The second-order valence-corrected chi connectivity index (χ2v) is 1.44. The molecular formula is C4H10AlNO6. The Morgan fingerprint density at radius 2 is 1.58 bits per heavy atom. The van der Waals surface area contributed by atoms with Crippen molar-refractivity contribution < 1.29 is 28.1 Å². The first-order valence-corrected chi connectivity index (χ1v) is 3.65. The summed E-state index contributed by atoms with van der Waals surface area (Å²) in [5.41, 5.74) is 4.57. The summed E-state index contributed by atoms with van der Waals surface area (Å²) in [6.45, 7) is 0.694. The van der Waals surface area contributed by atoms with E-state index in [1.165, 1.54) is 0 Å². The molecule has 0 saturated carbocycles. The average molecular weight is 195 g/mol. The van der Waals surface area contributed by atoms with E-state index in [1.54, 1.807) is 0 Å². The normalized spacial score (nSPS) is 6.00. The molecule has 0 aromatic rings. The molecule has 0 rings (SSSR count). The van der Waals surface area contributed by atoms with Crippen LogP contribution in [0.4, 0.5) is 0 Å². The monoisotopic (exact) mass is 195 g/mol. The van der Waals surface area contributed by atoms with Crippen molar-refractivity contribution in [3.8, 4) is 0 Å². The van der Waals surface area contributed by atoms with Crippen molar-refractivity contribution in [1.29, 1.82) is 0 Å². The number of aliphatic carboxylic acids is 2. The number of hydrogen-bond donors (Lipinski definition) is 4. The number of carboxylic acids is 2. The summed E-state index contributed by atoms with van der Waals surface area (Å²) in [4.78, 5) is 18.1. The van der Waals surface area contributed by atoms with Gasteiger partial charge in [-0.2, -0.15) is 0 Å². The molecule has 0 unspecified atom stereocenters. The van der Waals surface area contributed by atoms with Gasteiger partial charge in [-0.05, 0) is 6.92 Å². The van der Waals surface area contributed by atoms with E-state index in [-0.39, 0.29) is 6.54 Å². The van der Waals surface area contributed by atoms with Crippen LogP contribution in [0, 0.1) is 0 Å². The molecule has 0 bridgehead atoms. The van der Waals surface area contributed by atoms with E-state index in [9.17, 15) is 4.79 Å². The van der Waals surface area contributed by atoms with E-state index in [1.807, 2.05) is 0 Å². The van der Waals surface area contributed by atoms with Crippen LogP contribution in [0.25, 0.3) is 0 Å². The van der Waals surface area contributed by atoms with Crippen molar-refractivity contribution in [3.05, 3.63) is 0 Å². The zero-order valence-corrected chi connectivity index (χ0v) is 7.58. The molecule has 0 aliphatic heterocycles. The van der Waals surface area contributed by atoms with Crippen LogP contribution in [0.2, 0.25) is 0 Å². The van der Waals surface area contributed by atoms with Crippen molar-refractivity contribution in [2.24, 2.45) is 5.73 Å². The Morgan fingerprint density at radius 1 is 1.50 bits per heavy atom. The minimum absolute atomic E-state index is 0.278. The van der Waals surface area contributed by atoms with E-state index in [4.69, 9.17) is 23.3 Å². The van der Waals surface area contributed by atoms with E-state index >= 15 is 0 Å². The maximum atomic E-state index is 9.24. The van der Waals surface area contributed by atoms with Crippen LogP contribution in [0.3, 0.4) is 0 Å². The van der Waals surface area contributed by atoms with Gasteiger partial charge in [0.2, 0.25) is 0 Å². The molecule has 12 heavy (non-hydrogen) atoms. The fraction of sp³-hybridized carbons (Fsp3) is 0.500. The summed E-state index contributed by atoms with van der Waals surface area (Å²) in [6.07, 6.45) is 0. The second-order valence-electron chi connectivity index (χ2n) is 1.20. The molecule has 0 aliphatic carbocycles. The number of nitrogens with two attached hydrogens (primary N) is 1. The van der Waals surface area contributed by atoms with Gasteiger partial charge in [-0.15, -0.1) is 0 Å². The third-order valence-electron chi connectivity index (χ3n) is 0.175. The summed E-state index contributed by atoms with van der Waals surface area (Å²) in [6, 6.07) is 0. The molecule has 8 heteroatoms. The van der Waals surface area contributed by atoms with Crippen molar-refractivity contribution in [2.45, 2.75) is 6.92 Å². The molecule has 0 aromatic heterocycles. The van der Waals surface area contributed by atoms with Gasteiger partial charge in [0.1, 0.15) is 0 Å². The van der Waals surface area contributed by atoms with Gasteiger partial charge in [0.15, 0.2) is 0 Å². The van der Waals surface area contributed by atoms with Gasteiger partial charge in [0.05, 0.1) is 6.54 Å². The molecule has 5 N–H and O–H groups in total. The molecule has 0 saturated heterocycles. The number of carbonyl (C=O) groups is 2. The van der Waals surface area contributed by atoms with Gasteiger partial charge in [0, 0.05) is 5.97 Å². The molecule has 0 amide bonds. The third-order valence-corrected chi connectivity index (χ3v) is 0.175. The van der Waals surface area contributed by atoms with Gasteiger partial charge in [-0.1, -0.05) is 0 Å². The number of hydrogen-bond acceptors (Lipinski definition) is 6. The van der Waals surface area contributed by atoms with Crippen LogP contribution in [-0.2, 0) is 9.59 Å². The Balaban J connectivity index is -0.000000105. The molecule has 0 radical (unpaired) electrons. The molecule has 0 atom stereocenters. The third kappa shape index (κ3) is 357. The molecular weight excluding hydrogens is 185 g/mol. The minimum atomic E-state index is -1.25. The number of rotatable bonds is 1. The first-order valence-electron chi connectivity index (χ1n) is 2.61. The molecule has 0 aliphatic rings. The van der Waals surface area contributed by atoms with Crippen molar-refractivity contribution in [1.82, 2.24) is 0 Å². The van der Waals surface area contributed by atoms with Crippen molar-refractivity contribution in [2.75, 3.05) is 6.54 Å². The van der Waals surface area contributed by atoms with E-state index in [0.717, 1.165) is 6.92 Å². The van der Waals surface area contributed by atoms with Gasteiger partial charge in [0.25, 0.3) is 0 Å². The first-order chi connectivity index (χ1) is 5.42. The first kappa shape index (κ1) is 17.4. The fourth-order valence-electron chi connectivity index (χ4n) is 0. The topological polar surface area (TPSA) is 144 Å². The zero-order chi connectivity index (χ0) is 10.6. The molecule has 0 spiro atoms. The summed E-state index contributed by atoms with van der Waals surface area (Å²) in [5.74, 6) is -2.05. The molecule has 7 nitrogen and oxygen atoms in total. The summed E-state index contributed by atoms with van der Waals surface area (Å²) >= 11 is -1.25. The Hall–Kier alpha value is -0.648. The standard InChI is InChI=1S/C2H5NO2.C2H4O2.Al.2H2O/c3-1-2(4)5;1-2(3)4;;;/h1,3H2,(H,4,5);1H3,(H,3,4);;2*1H2/q;;+3;;/p-3. The average Bonchev–Trinajstić information content (AvgIpc) is 1.88. The Labute approximate surface area is 75.8 Å². The van der Waals surface area contributed by atoms with Gasteiger partial charge in [-0.3, -0.25) is 4.79 Å². The van der Waals surface area contributed by atoms with Crippen molar-refractivity contribution >= 4 is 27.8 Å². The van der Waals surface area contributed by atoms with Gasteiger partial charge < -0.3 is 20.7 Å². The molecule has 0 heterocycles. The SMILES string of the molecule is CC(=O)[O-].NCC(=O)O.[OH][Al+][OH]. The second kappa shape index (κ2) is 16.8. The van der Waals surface area contributed by atoms with E-state index < -0.39 is 27.8 Å².